The summed E-state index contributed by atoms with van der Waals surface area (Å²) in [4.78, 5) is 33.7. The summed E-state index contributed by atoms with van der Waals surface area (Å²) < 4.78 is 0. The zero-order valence-corrected chi connectivity index (χ0v) is 13.9. The molecule has 0 fully saturated rings. The Balaban J connectivity index is 1.83. The fraction of sp³-hybridized carbons (Fsp3) is 0.125. The van der Waals surface area contributed by atoms with Crippen LogP contribution in [0.15, 0.2) is 42.0 Å². The highest BCUT2D eigenvalue weighted by Gasteiger charge is 2.18. The molecule has 5 nitrogen and oxygen atoms in total. The highest BCUT2D eigenvalue weighted by Crippen LogP contribution is 2.31. The molecular weight excluding hydrogens is 330 g/mol. The maximum Gasteiger partial charge on any atom is 0.231 e. The van der Waals surface area contributed by atoms with Gasteiger partial charge >= 0.3 is 0 Å². The molecule has 3 rings (SSSR count). The van der Waals surface area contributed by atoms with Crippen LogP contribution in [0.3, 0.4) is 0 Å². The Hall–Kier alpha value is -2.38. The predicted octanol–water partition coefficient (Wildman–Crippen LogP) is 3.65. The third-order valence-corrected chi connectivity index (χ3v) is 4.91. The number of benzene rings is 1. The lowest BCUT2D eigenvalue weighted by atomic mass is 10.1. The van der Waals surface area contributed by atoms with Crippen molar-refractivity contribution in [3.8, 4) is 11.3 Å². The number of thiazole rings is 2. The SMILES string of the molecule is CC(=O)c1sc(NC(=O)Cc2cncs2)nc1-c1ccccc1. The number of aromatic nitrogens is 2. The second-order valence-electron chi connectivity index (χ2n) is 4.81. The largest absolute Gasteiger partial charge is 0.302 e. The average molecular weight is 343 g/mol. The first-order chi connectivity index (χ1) is 11.1. The van der Waals surface area contributed by atoms with Crippen molar-refractivity contribution in [2.24, 2.45) is 0 Å². The van der Waals surface area contributed by atoms with E-state index in [4.69, 9.17) is 0 Å². The Labute approximate surface area is 141 Å². The summed E-state index contributed by atoms with van der Waals surface area (Å²) in [5.41, 5.74) is 3.15. The predicted molar refractivity (Wildman–Crippen MR) is 92.0 cm³/mol. The minimum atomic E-state index is -0.169. The van der Waals surface area contributed by atoms with Gasteiger partial charge in [-0.1, -0.05) is 41.7 Å². The molecule has 0 aliphatic rings. The van der Waals surface area contributed by atoms with Gasteiger partial charge < -0.3 is 5.32 Å². The van der Waals surface area contributed by atoms with Crippen molar-refractivity contribution in [3.63, 3.8) is 0 Å². The second kappa shape index (κ2) is 6.80. The number of carbonyl (C=O) groups excluding carboxylic acids is 2. The lowest BCUT2D eigenvalue weighted by molar-refractivity contribution is -0.115. The number of anilines is 1. The van der Waals surface area contributed by atoms with Crippen LogP contribution in [0.4, 0.5) is 5.13 Å². The first-order valence-electron chi connectivity index (χ1n) is 6.88. The molecule has 0 spiro atoms. The summed E-state index contributed by atoms with van der Waals surface area (Å²) in [5.74, 6) is -0.234. The molecule has 7 heteroatoms. The van der Waals surface area contributed by atoms with Crippen molar-refractivity contribution in [3.05, 3.63) is 51.8 Å². The average Bonchev–Trinajstić information content (AvgIpc) is 3.17. The van der Waals surface area contributed by atoms with E-state index in [1.807, 2.05) is 30.3 Å². The monoisotopic (exact) mass is 343 g/mol. The van der Waals surface area contributed by atoms with E-state index in [1.165, 1.54) is 29.6 Å². The lowest BCUT2D eigenvalue weighted by Crippen LogP contribution is -2.13. The number of rotatable bonds is 5. The third kappa shape index (κ3) is 3.69. The molecule has 0 atom stereocenters. The van der Waals surface area contributed by atoms with Gasteiger partial charge in [0.25, 0.3) is 0 Å². The van der Waals surface area contributed by atoms with Gasteiger partial charge in [0.1, 0.15) is 0 Å². The van der Waals surface area contributed by atoms with Gasteiger partial charge in [-0.2, -0.15) is 0 Å². The van der Waals surface area contributed by atoms with Gasteiger partial charge in [-0.3, -0.25) is 14.6 Å². The number of carbonyl (C=O) groups is 2. The third-order valence-electron chi connectivity index (χ3n) is 3.06. The van der Waals surface area contributed by atoms with Crippen LogP contribution < -0.4 is 5.32 Å². The first kappa shape index (κ1) is 15.5. The van der Waals surface area contributed by atoms with Crippen LogP contribution in [-0.4, -0.2) is 21.7 Å². The maximum atomic E-state index is 12.1. The Morgan fingerprint density at radius 2 is 2.00 bits per heavy atom. The Morgan fingerprint density at radius 1 is 1.22 bits per heavy atom. The van der Waals surface area contributed by atoms with Gasteiger partial charge in [-0.25, -0.2) is 4.98 Å². The Morgan fingerprint density at radius 3 is 2.65 bits per heavy atom. The molecule has 0 saturated heterocycles. The van der Waals surface area contributed by atoms with Crippen LogP contribution in [0, 0.1) is 0 Å². The smallest absolute Gasteiger partial charge is 0.231 e. The first-order valence-corrected chi connectivity index (χ1v) is 8.57. The topological polar surface area (TPSA) is 72.0 Å². The summed E-state index contributed by atoms with van der Waals surface area (Å²) in [7, 11) is 0. The van der Waals surface area contributed by atoms with Crippen molar-refractivity contribution in [2.75, 3.05) is 5.32 Å². The normalized spacial score (nSPS) is 10.5. The van der Waals surface area contributed by atoms with E-state index < -0.39 is 0 Å². The molecule has 3 aromatic rings. The molecule has 2 heterocycles. The summed E-state index contributed by atoms with van der Waals surface area (Å²) >= 11 is 2.63. The van der Waals surface area contributed by atoms with E-state index in [1.54, 1.807) is 11.7 Å². The molecule has 0 saturated carbocycles. The number of ketones is 1. The standard InChI is InChI=1S/C16H13N3O2S2/c1-10(20)15-14(11-5-3-2-4-6-11)19-16(23-15)18-13(21)7-12-8-17-9-22-12/h2-6,8-9H,7H2,1H3,(H,18,19,21). The van der Waals surface area contributed by atoms with E-state index in [-0.39, 0.29) is 18.1 Å². The van der Waals surface area contributed by atoms with Crippen molar-refractivity contribution in [1.29, 1.82) is 0 Å². The molecule has 23 heavy (non-hydrogen) atoms. The van der Waals surface area contributed by atoms with Crippen molar-refractivity contribution in [2.45, 2.75) is 13.3 Å². The molecule has 116 valence electrons. The van der Waals surface area contributed by atoms with Crippen LogP contribution in [0.5, 0.6) is 0 Å². The van der Waals surface area contributed by atoms with Crippen molar-refractivity contribution in [1.82, 2.24) is 9.97 Å². The van der Waals surface area contributed by atoms with Crippen LogP contribution in [0.25, 0.3) is 11.3 Å². The molecule has 1 N–H and O–H groups in total. The number of hydrogen-bond donors (Lipinski definition) is 1. The van der Waals surface area contributed by atoms with Crippen LogP contribution in [0.1, 0.15) is 21.5 Å². The van der Waals surface area contributed by atoms with Crippen LogP contribution >= 0.6 is 22.7 Å². The van der Waals surface area contributed by atoms with Gasteiger partial charge in [0.2, 0.25) is 5.91 Å². The summed E-state index contributed by atoms with van der Waals surface area (Å²) in [6.07, 6.45) is 1.92. The number of nitrogens with one attached hydrogen (secondary N) is 1. The van der Waals surface area contributed by atoms with Crippen molar-refractivity contribution >= 4 is 39.5 Å². The van der Waals surface area contributed by atoms with Gasteiger partial charge in [0.05, 0.1) is 22.5 Å². The molecule has 1 amide bonds. The molecule has 0 aliphatic heterocycles. The summed E-state index contributed by atoms with van der Waals surface area (Å²) in [6, 6.07) is 9.47. The highest BCUT2D eigenvalue weighted by atomic mass is 32.1. The van der Waals surface area contributed by atoms with E-state index in [9.17, 15) is 9.59 Å². The van der Waals surface area contributed by atoms with Gasteiger partial charge in [0, 0.05) is 23.6 Å². The second-order valence-corrected chi connectivity index (χ2v) is 6.78. The van der Waals surface area contributed by atoms with Gasteiger partial charge in [-0.15, -0.1) is 11.3 Å². The maximum absolute atomic E-state index is 12.1. The zero-order chi connectivity index (χ0) is 16.2. The number of Topliss-reactive ketones (excluding diaryl/α,β-unsaturated/α-hetero) is 1. The van der Waals surface area contributed by atoms with E-state index >= 15 is 0 Å². The van der Waals surface area contributed by atoms with Gasteiger partial charge in [0.15, 0.2) is 10.9 Å². The van der Waals surface area contributed by atoms with E-state index in [0.29, 0.717) is 15.7 Å². The molecule has 1 aromatic carbocycles. The van der Waals surface area contributed by atoms with Gasteiger partial charge in [-0.05, 0) is 0 Å². The minimum Gasteiger partial charge on any atom is -0.302 e. The lowest BCUT2D eigenvalue weighted by Gasteiger charge is -1.99. The number of amides is 1. The van der Waals surface area contributed by atoms with E-state index in [0.717, 1.165) is 10.4 Å². The fourth-order valence-corrected chi connectivity index (χ4v) is 3.55. The van der Waals surface area contributed by atoms with Crippen molar-refractivity contribution < 1.29 is 9.59 Å². The number of hydrogen-bond acceptors (Lipinski definition) is 6. The highest BCUT2D eigenvalue weighted by molar-refractivity contribution is 7.18. The minimum absolute atomic E-state index is 0.0655. The quantitative estimate of drug-likeness (QED) is 0.718. The summed E-state index contributed by atoms with van der Waals surface area (Å²) in [5, 5.41) is 3.19. The summed E-state index contributed by atoms with van der Waals surface area (Å²) in [6.45, 7) is 1.50. The fourth-order valence-electron chi connectivity index (χ4n) is 2.06. The molecule has 0 bridgehead atoms. The van der Waals surface area contributed by atoms with Crippen LogP contribution in [0.2, 0.25) is 0 Å². The number of nitrogens with zero attached hydrogens (tertiary/aromatic N) is 2. The van der Waals surface area contributed by atoms with E-state index in [2.05, 4.69) is 15.3 Å². The zero-order valence-electron chi connectivity index (χ0n) is 12.3. The molecule has 0 unspecified atom stereocenters. The molecule has 2 aromatic heterocycles. The Kier molecular flexibility index (Phi) is 4.59. The Bertz CT molecular complexity index is 826. The van der Waals surface area contributed by atoms with Crippen LogP contribution in [-0.2, 0) is 11.2 Å². The molecule has 0 aliphatic carbocycles. The molecule has 0 radical (unpaired) electrons. The molecular formula is C16H13N3O2S2.